The van der Waals surface area contributed by atoms with E-state index < -0.39 is 0 Å². The van der Waals surface area contributed by atoms with Crippen LogP contribution in [0.1, 0.15) is 21.1 Å². The zero-order valence-electron chi connectivity index (χ0n) is 14.3. The van der Waals surface area contributed by atoms with Gasteiger partial charge in [-0.15, -0.1) is 11.3 Å². The quantitative estimate of drug-likeness (QED) is 0.580. The summed E-state index contributed by atoms with van der Waals surface area (Å²) in [6, 6.07) is 11.4. The Balaban J connectivity index is 1.55. The summed E-state index contributed by atoms with van der Waals surface area (Å²) in [5.74, 6) is -0.192. The maximum absolute atomic E-state index is 12.5. The summed E-state index contributed by atoms with van der Waals surface area (Å²) >= 11 is 1.32. The molecule has 1 amide bonds. The predicted octanol–water partition coefficient (Wildman–Crippen LogP) is 4.46. The van der Waals surface area contributed by atoms with Crippen LogP contribution in [0.3, 0.4) is 0 Å². The van der Waals surface area contributed by atoms with E-state index in [-0.39, 0.29) is 5.91 Å². The average molecular weight is 364 g/mol. The van der Waals surface area contributed by atoms with Crippen molar-refractivity contribution in [3.05, 3.63) is 71.4 Å². The van der Waals surface area contributed by atoms with Crippen molar-refractivity contribution in [1.29, 1.82) is 0 Å². The van der Waals surface area contributed by atoms with E-state index in [9.17, 15) is 4.79 Å². The van der Waals surface area contributed by atoms with Gasteiger partial charge < -0.3 is 9.73 Å². The van der Waals surface area contributed by atoms with Crippen molar-refractivity contribution in [3.8, 4) is 16.3 Å². The molecule has 4 rings (SSSR count). The van der Waals surface area contributed by atoms with Crippen molar-refractivity contribution >= 4 is 22.9 Å². The lowest BCUT2D eigenvalue weighted by Crippen LogP contribution is -2.10. The Labute approximate surface area is 154 Å². The molecule has 0 aliphatic heterocycles. The second-order valence-corrected chi connectivity index (χ2v) is 6.92. The Morgan fingerprint density at radius 1 is 1.23 bits per heavy atom. The summed E-state index contributed by atoms with van der Waals surface area (Å²) in [6.45, 7) is 3.95. The van der Waals surface area contributed by atoms with Gasteiger partial charge in [-0.25, -0.2) is 9.67 Å². The first-order chi connectivity index (χ1) is 12.6. The molecule has 0 fully saturated rings. The highest BCUT2D eigenvalue weighted by molar-refractivity contribution is 7.17. The number of aryl methyl sites for hydroxylation is 2. The number of anilines is 1. The summed E-state index contributed by atoms with van der Waals surface area (Å²) < 4.78 is 6.91. The lowest BCUT2D eigenvalue weighted by Gasteiger charge is -2.08. The molecule has 0 atom stereocenters. The number of aromatic nitrogens is 3. The number of benzene rings is 1. The Kier molecular flexibility index (Phi) is 4.14. The van der Waals surface area contributed by atoms with Gasteiger partial charge in [-0.1, -0.05) is 6.07 Å². The van der Waals surface area contributed by atoms with Crippen LogP contribution in [0.4, 0.5) is 5.69 Å². The minimum absolute atomic E-state index is 0.192. The molecule has 26 heavy (non-hydrogen) atoms. The van der Waals surface area contributed by atoms with Gasteiger partial charge in [0.2, 0.25) is 0 Å². The summed E-state index contributed by atoms with van der Waals surface area (Å²) in [4.78, 5) is 17.4. The number of nitrogens with one attached hydrogen (secondary N) is 1. The molecule has 0 saturated heterocycles. The van der Waals surface area contributed by atoms with Gasteiger partial charge in [0.1, 0.15) is 16.1 Å². The topological polar surface area (TPSA) is 73.0 Å². The summed E-state index contributed by atoms with van der Waals surface area (Å²) in [6.07, 6.45) is 4.77. The van der Waals surface area contributed by atoms with Crippen molar-refractivity contribution in [2.24, 2.45) is 0 Å². The molecule has 7 heteroatoms. The number of carbonyl (C=O) groups is 1. The fraction of sp³-hybridized carbons (Fsp3) is 0.105. The molecule has 0 unspecified atom stereocenters. The number of hydrogen-bond donors (Lipinski definition) is 1. The molecule has 0 radical (unpaired) electrons. The van der Waals surface area contributed by atoms with E-state index in [4.69, 9.17) is 4.42 Å². The smallest absolute Gasteiger partial charge is 0.267 e. The summed E-state index contributed by atoms with van der Waals surface area (Å²) in [5.41, 5.74) is 4.46. The van der Waals surface area contributed by atoms with Crippen molar-refractivity contribution in [2.45, 2.75) is 13.8 Å². The van der Waals surface area contributed by atoms with E-state index in [2.05, 4.69) is 15.4 Å². The fourth-order valence-electron chi connectivity index (χ4n) is 2.70. The number of nitrogens with zero attached hydrogens (tertiary/aromatic N) is 3. The number of amides is 1. The highest BCUT2D eigenvalue weighted by Crippen LogP contribution is 2.26. The Morgan fingerprint density at radius 3 is 2.85 bits per heavy atom. The largest absolute Gasteiger partial charge is 0.472 e. The molecule has 6 nitrogen and oxygen atoms in total. The van der Waals surface area contributed by atoms with Crippen LogP contribution in [0.25, 0.3) is 16.3 Å². The van der Waals surface area contributed by atoms with E-state index in [0.29, 0.717) is 10.6 Å². The average Bonchev–Trinajstić information content (AvgIpc) is 3.35. The standard InChI is InChI=1S/C19H16N4O2S/c1-12-8-13(2)23(22-12)16-5-3-4-15(9-16)21-18(24)17-10-20-19(26-17)14-6-7-25-11-14/h3-11H,1-2H3,(H,21,24). The van der Waals surface area contributed by atoms with Crippen molar-refractivity contribution in [1.82, 2.24) is 14.8 Å². The monoisotopic (exact) mass is 364 g/mol. The molecule has 1 aromatic carbocycles. The Hall–Kier alpha value is -3.19. The van der Waals surface area contributed by atoms with Gasteiger partial charge >= 0.3 is 0 Å². The van der Waals surface area contributed by atoms with Crippen LogP contribution in [-0.4, -0.2) is 20.7 Å². The molecule has 130 valence electrons. The first-order valence-electron chi connectivity index (χ1n) is 8.03. The molecule has 0 bridgehead atoms. The second-order valence-electron chi connectivity index (χ2n) is 5.89. The summed E-state index contributed by atoms with van der Waals surface area (Å²) in [5, 5.41) is 8.15. The van der Waals surface area contributed by atoms with Crippen LogP contribution in [-0.2, 0) is 0 Å². The van der Waals surface area contributed by atoms with E-state index >= 15 is 0 Å². The SMILES string of the molecule is Cc1cc(C)n(-c2cccc(NC(=O)c3cnc(-c4ccoc4)s3)c2)n1. The number of furan rings is 1. The first kappa shape index (κ1) is 16.3. The molecule has 4 aromatic rings. The number of rotatable bonds is 4. The van der Waals surface area contributed by atoms with Gasteiger partial charge in [-0.2, -0.15) is 5.10 Å². The van der Waals surface area contributed by atoms with Gasteiger partial charge in [0, 0.05) is 16.9 Å². The van der Waals surface area contributed by atoms with E-state index in [1.165, 1.54) is 11.3 Å². The van der Waals surface area contributed by atoms with E-state index in [1.54, 1.807) is 18.7 Å². The van der Waals surface area contributed by atoms with Gasteiger partial charge in [0.25, 0.3) is 5.91 Å². The third-order valence-corrected chi connectivity index (χ3v) is 4.90. The molecule has 0 saturated carbocycles. The first-order valence-corrected chi connectivity index (χ1v) is 8.85. The normalized spacial score (nSPS) is 10.8. The van der Waals surface area contributed by atoms with Crippen molar-refractivity contribution < 1.29 is 9.21 Å². The molecular weight excluding hydrogens is 348 g/mol. The minimum atomic E-state index is -0.192. The predicted molar refractivity (Wildman–Crippen MR) is 101 cm³/mol. The van der Waals surface area contributed by atoms with Crippen LogP contribution in [0.5, 0.6) is 0 Å². The second kappa shape index (κ2) is 6.61. The van der Waals surface area contributed by atoms with Crippen LogP contribution < -0.4 is 5.32 Å². The fourth-order valence-corrected chi connectivity index (χ4v) is 3.49. The van der Waals surface area contributed by atoms with Gasteiger partial charge in [0.15, 0.2) is 0 Å². The van der Waals surface area contributed by atoms with Crippen LogP contribution >= 0.6 is 11.3 Å². The third-order valence-electron chi connectivity index (χ3n) is 3.86. The number of thiazole rings is 1. The lowest BCUT2D eigenvalue weighted by molar-refractivity contribution is 0.103. The number of hydrogen-bond acceptors (Lipinski definition) is 5. The van der Waals surface area contributed by atoms with Crippen LogP contribution in [0.2, 0.25) is 0 Å². The summed E-state index contributed by atoms with van der Waals surface area (Å²) in [7, 11) is 0. The van der Waals surface area contributed by atoms with Gasteiger partial charge in [0.05, 0.1) is 23.8 Å². The zero-order chi connectivity index (χ0) is 18.1. The Bertz CT molecular complexity index is 1060. The maximum Gasteiger partial charge on any atom is 0.267 e. The molecule has 3 aromatic heterocycles. The van der Waals surface area contributed by atoms with Gasteiger partial charge in [-0.3, -0.25) is 4.79 Å². The third kappa shape index (κ3) is 3.16. The van der Waals surface area contributed by atoms with Crippen LogP contribution in [0, 0.1) is 13.8 Å². The lowest BCUT2D eigenvalue weighted by atomic mass is 10.2. The molecular formula is C19H16N4O2S. The molecule has 0 aliphatic rings. The highest BCUT2D eigenvalue weighted by Gasteiger charge is 2.13. The van der Waals surface area contributed by atoms with Gasteiger partial charge in [-0.05, 0) is 44.2 Å². The minimum Gasteiger partial charge on any atom is -0.472 e. The molecule has 3 heterocycles. The molecule has 0 aliphatic carbocycles. The van der Waals surface area contributed by atoms with Crippen LogP contribution in [0.15, 0.2) is 59.5 Å². The number of carbonyl (C=O) groups excluding carboxylic acids is 1. The molecule has 1 N–H and O–H groups in total. The zero-order valence-corrected chi connectivity index (χ0v) is 15.1. The van der Waals surface area contributed by atoms with Crippen molar-refractivity contribution in [3.63, 3.8) is 0 Å². The van der Waals surface area contributed by atoms with E-state index in [0.717, 1.165) is 27.6 Å². The highest BCUT2D eigenvalue weighted by atomic mass is 32.1. The Morgan fingerprint density at radius 2 is 2.12 bits per heavy atom. The maximum atomic E-state index is 12.5. The van der Waals surface area contributed by atoms with E-state index in [1.807, 2.05) is 54.9 Å². The van der Waals surface area contributed by atoms with Crippen molar-refractivity contribution in [2.75, 3.05) is 5.32 Å². The molecule has 0 spiro atoms.